The van der Waals surface area contributed by atoms with Crippen LogP contribution in [0.15, 0.2) is 48.8 Å². The molecule has 1 saturated carbocycles. The summed E-state index contributed by atoms with van der Waals surface area (Å²) < 4.78 is 7.23. The summed E-state index contributed by atoms with van der Waals surface area (Å²) in [7, 11) is 3.41. The molecule has 2 aromatic heterocycles. The number of aliphatic hydroxyl groups excluding tert-OH is 1. The number of aromatic nitrogens is 4. The van der Waals surface area contributed by atoms with Crippen LogP contribution in [0.5, 0.6) is 5.75 Å². The van der Waals surface area contributed by atoms with E-state index in [1.807, 2.05) is 35.9 Å². The predicted octanol–water partition coefficient (Wildman–Crippen LogP) is 3.95. The van der Waals surface area contributed by atoms with E-state index in [0.717, 1.165) is 40.8 Å². The van der Waals surface area contributed by atoms with E-state index in [1.165, 1.54) is 0 Å². The SMILES string of the molecule is COc1cc2c(cc1CO)C(=O)N(c1cc(-c3ccc(C#N)cc3-c3nncn3C)cc(C3CC3)n1)C2. The van der Waals surface area contributed by atoms with Crippen molar-refractivity contribution in [3.05, 3.63) is 76.7 Å². The molecule has 0 bridgehead atoms. The zero-order chi connectivity index (χ0) is 25.7. The van der Waals surface area contributed by atoms with Crippen molar-refractivity contribution in [2.24, 2.45) is 7.05 Å². The Bertz CT molecular complexity index is 1600. The molecule has 0 saturated heterocycles. The van der Waals surface area contributed by atoms with Crippen LogP contribution in [0.1, 0.15) is 51.5 Å². The zero-order valence-corrected chi connectivity index (χ0v) is 20.5. The van der Waals surface area contributed by atoms with Crippen molar-refractivity contribution in [3.8, 4) is 34.3 Å². The standard InChI is InChI=1S/C28H24N6O3/c1-33-15-30-32-27(33)23-7-16(12-29)3-6-21(23)18-9-24(17-4-5-17)31-26(11-18)34-13-19-10-25(37-2)20(14-35)8-22(19)28(34)36/h3,6-11,15,17,35H,4-5,13-14H2,1-2H3. The van der Waals surface area contributed by atoms with Crippen molar-refractivity contribution >= 4 is 11.7 Å². The second-order valence-corrected chi connectivity index (χ2v) is 9.42. The Morgan fingerprint density at radius 1 is 1.14 bits per heavy atom. The molecule has 0 spiro atoms. The summed E-state index contributed by atoms with van der Waals surface area (Å²) in [5, 5.41) is 27.6. The number of amides is 1. The van der Waals surface area contributed by atoms with Crippen LogP contribution < -0.4 is 9.64 Å². The molecule has 1 amide bonds. The molecule has 6 rings (SSSR count). The van der Waals surface area contributed by atoms with Gasteiger partial charge >= 0.3 is 0 Å². The van der Waals surface area contributed by atoms with Gasteiger partial charge in [0, 0.05) is 35.3 Å². The van der Waals surface area contributed by atoms with Gasteiger partial charge in [-0.05, 0) is 65.9 Å². The summed E-state index contributed by atoms with van der Waals surface area (Å²) in [6.07, 6.45) is 3.75. The number of hydrogen-bond acceptors (Lipinski definition) is 7. The summed E-state index contributed by atoms with van der Waals surface area (Å²) in [4.78, 5) is 20.1. The Kier molecular flexibility index (Phi) is 5.46. The van der Waals surface area contributed by atoms with Crippen LogP contribution in [0, 0.1) is 11.3 Å². The van der Waals surface area contributed by atoms with E-state index in [9.17, 15) is 15.2 Å². The van der Waals surface area contributed by atoms with Gasteiger partial charge in [-0.15, -0.1) is 10.2 Å². The highest BCUT2D eigenvalue weighted by molar-refractivity contribution is 6.10. The predicted molar refractivity (Wildman–Crippen MR) is 136 cm³/mol. The van der Waals surface area contributed by atoms with E-state index in [4.69, 9.17) is 9.72 Å². The van der Waals surface area contributed by atoms with Gasteiger partial charge in [-0.25, -0.2) is 4.98 Å². The summed E-state index contributed by atoms with van der Waals surface area (Å²) in [6.45, 7) is 0.146. The first kappa shape index (κ1) is 22.9. The zero-order valence-electron chi connectivity index (χ0n) is 20.5. The fourth-order valence-corrected chi connectivity index (χ4v) is 4.88. The first-order valence-electron chi connectivity index (χ1n) is 12.0. The van der Waals surface area contributed by atoms with E-state index < -0.39 is 0 Å². The maximum atomic E-state index is 13.5. The lowest BCUT2D eigenvalue weighted by atomic mass is 9.96. The monoisotopic (exact) mass is 492 g/mol. The fourth-order valence-electron chi connectivity index (χ4n) is 4.88. The average molecular weight is 493 g/mol. The summed E-state index contributed by atoms with van der Waals surface area (Å²) in [5.74, 6) is 1.97. The fraction of sp³-hybridized carbons (Fsp3) is 0.250. The van der Waals surface area contributed by atoms with Crippen molar-refractivity contribution in [2.75, 3.05) is 12.0 Å². The third-order valence-electron chi connectivity index (χ3n) is 7.00. The van der Waals surface area contributed by atoms with Crippen molar-refractivity contribution in [2.45, 2.75) is 31.9 Å². The van der Waals surface area contributed by atoms with Gasteiger partial charge in [0.05, 0.1) is 31.9 Å². The van der Waals surface area contributed by atoms with Gasteiger partial charge in [-0.3, -0.25) is 9.69 Å². The van der Waals surface area contributed by atoms with Crippen LogP contribution in [0.3, 0.4) is 0 Å². The molecule has 1 fully saturated rings. The van der Waals surface area contributed by atoms with Crippen LogP contribution in [0.25, 0.3) is 22.5 Å². The minimum Gasteiger partial charge on any atom is -0.496 e. The first-order valence-corrected chi connectivity index (χ1v) is 12.0. The molecule has 0 radical (unpaired) electrons. The summed E-state index contributed by atoms with van der Waals surface area (Å²) >= 11 is 0. The number of anilines is 1. The van der Waals surface area contributed by atoms with Crippen LogP contribution in [0.2, 0.25) is 0 Å². The molecule has 9 heteroatoms. The minimum atomic E-state index is -0.215. The molecule has 0 unspecified atom stereocenters. The largest absolute Gasteiger partial charge is 0.496 e. The normalized spacial score (nSPS) is 14.5. The topological polar surface area (TPSA) is 117 Å². The van der Waals surface area contributed by atoms with Crippen molar-refractivity contribution in [3.63, 3.8) is 0 Å². The number of rotatable bonds is 6. The lowest BCUT2D eigenvalue weighted by molar-refractivity contribution is 0.0995. The van der Waals surface area contributed by atoms with Gasteiger partial charge in [0.15, 0.2) is 5.82 Å². The maximum absolute atomic E-state index is 13.5. The molecule has 2 aromatic carbocycles. The minimum absolute atomic E-state index is 0.160. The van der Waals surface area contributed by atoms with E-state index in [0.29, 0.717) is 46.5 Å². The Hall–Kier alpha value is -4.55. The Morgan fingerprint density at radius 2 is 1.97 bits per heavy atom. The summed E-state index contributed by atoms with van der Waals surface area (Å²) in [6, 6.07) is 15.2. The lowest BCUT2D eigenvalue weighted by Crippen LogP contribution is -2.24. The molecule has 3 heterocycles. The average Bonchev–Trinajstić information content (AvgIpc) is 3.62. The Morgan fingerprint density at radius 3 is 2.65 bits per heavy atom. The molecule has 1 aliphatic carbocycles. The molecule has 0 atom stereocenters. The van der Waals surface area contributed by atoms with Crippen molar-refractivity contribution < 1.29 is 14.6 Å². The molecule has 2 aliphatic rings. The molecule has 1 aliphatic heterocycles. The number of nitriles is 1. The number of hydrogen-bond donors (Lipinski definition) is 1. The first-order chi connectivity index (χ1) is 18.0. The number of benzene rings is 2. The lowest BCUT2D eigenvalue weighted by Gasteiger charge is -2.18. The van der Waals surface area contributed by atoms with Crippen LogP contribution in [-0.4, -0.2) is 37.9 Å². The van der Waals surface area contributed by atoms with Crippen molar-refractivity contribution in [1.29, 1.82) is 5.26 Å². The van der Waals surface area contributed by atoms with E-state index in [1.54, 1.807) is 30.5 Å². The molecular formula is C28H24N6O3. The van der Waals surface area contributed by atoms with Crippen molar-refractivity contribution in [1.82, 2.24) is 19.7 Å². The van der Waals surface area contributed by atoms with Crippen LogP contribution in [0.4, 0.5) is 5.82 Å². The van der Waals surface area contributed by atoms with Gasteiger partial charge in [0.2, 0.25) is 0 Å². The smallest absolute Gasteiger partial charge is 0.260 e. The quantitative estimate of drug-likeness (QED) is 0.433. The number of carbonyl (C=O) groups excluding carboxylic acids is 1. The number of aliphatic hydroxyl groups is 1. The number of carbonyl (C=O) groups is 1. The molecule has 184 valence electrons. The molecule has 9 nitrogen and oxygen atoms in total. The second kappa shape index (κ2) is 8.84. The number of aryl methyl sites for hydroxylation is 1. The van der Waals surface area contributed by atoms with E-state index in [-0.39, 0.29) is 12.5 Å². The molecular weight excluding hydrogens is 468 g/mol. The highest BCUT2D eigenvalue weighted by Gasteiger charge is 2.33. The third-order valence-corrected chi connectivity index (χ3v) is 7.00. The Balaban J connectivity index is 1.48. The number of methoxy groups -OCH3 is 1. The molecule has 37 heavy (non-hydrogen) atoms. The highest BCUT2D eigenvalue weighted by Crippen LogP contribution is 2.43. The van der Waals surface area contributed by atoms with E-state index in [2.05, 4.69) is 22.3 Å². The number of fused-ring (bicyclic) bond motifs is 1. The third kappa shape index (κ3) is 3.92. The number of nitrogens with zero attached hydrogens (tertiary/aromatic N) is 6. The van der Waals surface area contributed by atoms with Gasteiger partial charge in [0.25, 0.3) is 5.91 Å². The van der Waals surface area contributed by atoms with Crippen LogP contribution in [-0.2, 0) is 20.2 Å². The van der Waals surface area contributed by atoms with Gasteiger partial charge in [-0.1, -0.05) is 6.07 Å². The number of pyridine rings is 1. The maximum Gasteiger partial charge on any atom is 0.260 e. The number of ether oxygens (including phenoxy) is 1. The second-order valence-electron chi connectivity index (χ2n) is 9.42. The molecule has 1 N–H and O–H groups in total. The summed E-state index contributed by atoms with van der Waals surface area (Å²) in [5.41, 5.74) is 5.98. The van der Waals surface area contributed by atoms with Gasteiger partial charge < -0.3 is 14.4 Å². The van der Waals surface area contributed by atoms with Gasteiger partial charge in [0.1, 0.15) is 17.9 Å². The molecule has 4 aromatic rings. The van der Waals surface area contributed by atoms with E-state index >= 15 is 0 Å². The Labute approximate surface area is 213 Å². The highest BCUT2D eigenvalue weighted by atomic mass is 16.5. The van der Waals surface area contributed by atoms with Gasteiger partial charge in [-0.2, -0.15) is 5.26 Å². The van der Waals surface area contributed by atoms with Crippen LogP contribution >= 0.6 is 0 Å².